The van der Waals surface area contributed by atoms with Gasteiger partial charge in [-0.1, -0.05) is 0 Å². The highest BCUT2D eigenvalue weighted by atomic mass is 32.1. The van der Waals surface area contributed by atoms with Gasteiger partial charge >= 0.3 is 5.97 Å². The molecule has 0 amide bonds. The molecule has 0 unspecified atom stereocenters. The smallest absolute Gasteiger partial charge is 0.350 e. The summed E-state index contributed by atoms with van der Waals surface area (Å²) in [5.41, 5.74) is 1.30. The molecule has 7 nitrogen and oxygen atoms in total. The first-order valence-corrected chi connectivity index (χ1v) is 7.41. The largest absolute Gasteiger partial charge is 0.465 e. The number of methoxy groups -OCH3 is 1. The number of hydrogen-bond acceptors (Lipinski definition) is 6. The molecule has 1 aromatic carbocycles. The van der Waals surface area contributed by atoms with Crippen LogP contribution in [0.15, 0.2) is 35.3 Å². The van der Waals surface area contributed by atoms with Crippen molar-refractivity contribution in [2.75, 3.05) is 21.2 Å². The Hall–Kier alpha value is -2.74. The summed E-state index contributed by atoms with van der Waals surface area (Å²) in [5.74, 6) is -0.464. The number of nitrogens with zero attached hydrogens (tertiary/aromatic N) is 3. The van der Waals surface area contributed by atoms with Gasteiger partial charge in [0.15, 0.2) is 0 Å². The Balaban J connectivity index is 2.43. The fourth-order valence-electron chi connectivity index (χ4n) is 1.78. The summed E-state index contributed by atoms with van der Waals surface area (Å²) >= 11 is 1.23. The standard InChI is InChI=1S/C15H15N3O4S/c1-17(2)9-16-12-8-13(23-14(12)15(19)22-3)10-4-6-11(7-5-10)18(20)21/h4-9H,1-3H3. The van der Waals surface area contributed by atoms with Crippen molar-refractivity contribution in [2.45, 2.75) is 0 Å². The number of nitro groups is 1. The lowest BCUT2D eigenvalue weighted by molar-refractivity contribution is -0.384. The van der Waals surface area contributed by atoms with E-state index in [9.17, 15) is 14.9 Å². The molecule has 0 N–H and O–H groups in total. The number of carbonyl (C=O) groups excluding carboxylic acids is 1. The van der Waals surface area contributed by atoms with Crippen LogP contribution < -0.4 is 0 Å². The Bertz CT molecular complexity index is 751. The zero-order chi connectivity index (χ0) is 17.0. The second-order valence-electron chi connectivity index (χ2n) is 4.83. The first kappa shape index (κ1) is 16.6. The van der Waals surface area contributed by atoms with Gasteiger partial charge in [0, 0.05) is 31.1 Å². The molecule has 0 bridgehead atoms. The Kier molecular flexibility index (Phi) is 5.07. The first-order chi connectivity index (χ1) is 10.9. The van der Waals surface area contributed by atoms with E-state index < -0.39 is 10.9 Å². The van der Waals surface area contributed by atoms with Crippen LogP contribution in [0, 0.1) is 10.1 Å². The number of rotatable bonds is 5. The third-order valence-corrected chi connectivity index (χ3v) is 4.03. The number of thiophene rings is 1. The number of ether oxygens (including phenoxy) is 1. The molecule has 0 radical (unpaired) electrons. The molecule has 8 heteroatoms. The molecule has 0 spiro atoms. The van der Waals surface area contributed by atoms with Crippen molar-refractivity contribution in [2.24, 2.45) is 4.99 Å². The molecule has 0 saturated heterocycles. The van der Waals surface area contributed by atoms with E-state index in [2.05, 4.69) is 4.99 Å². The fraction of sp³-hybridized carbons (Fsp3) is 0.200. The molecule has 0 aliphatic heterocycles. The van der Waals surface area contributed by atoms with Crippen molar-refractivity contribution in [3.63, 3.8) is 0 Å². The van der Waals surface area contributed by atoms with Crippen LogP contribution in [-0.4, -0.2) is 43.3 Å². The van der Waals surface area contributed by atoms with E-state index in [4.69, 9.17) is 4.74 Å². The minimum absolute atomic E-state index is 0.0179. The monoisotopic (exact) mass is 333 g/mol. The zero-order valence-corrected chi connectivity index (χ0v) is 13.7. The van der Waals surface area contributed by atoms with Crippen LogP contribution in [0.25, 0.3) is 10.4 Å². The van der Waals surface area contributed by atoms with Gasteiger partial charge in [0.2, 0.25) is 0 Å². The third kappa shape index (κ3) is 3.92. The van der Waals surface area contributed by atoms with Crippen molar-refractivity contribution >= 4 is 35.0 Å². The number of benzene rings is 1. The van der Waals surface area contributed by atoms with E-state index in [1.807, 2.05) is 14.1 Å². The second kappa shape index (κ2) is 7.01. The van der Waals surface area contributed by atoms with Crippen molar-refractivity contribution < 1.29 is 14.5 Å². The van der Waals surface area contributed by atoms with Gasteiger partial charge in [-0.25, -0.2) is 9.79 Å². The van der Waals surface area contributed by atoms with Gasteiger partial charge in [-0.3, -0.25) is 10.1 Å². The molecule has 2 aromatic rings. The van der Waals surface area contributed by atoms with Crippen LogP contribution >= 0.6 is 11.3 Å². The van der Waals surface area contributed by atoms with Gasteiger partial charge in [-0.05, 0) is 23.8 Å². The maximum Gasteiger partial charge on any atom is 0.350 e. The SMILES string of the molecule is COC(=O)c1sc(-c2ccc([N+](=O)[O-])cc2)cc1N=CN(C)C. The molecular weight excluding hydrogens is 318 g/mol. The van der Waals surface area contributed by atoms with Crippen molar-refractivity contribution in [3.8, 4) is 10.4 Å². The van der Waals surface area contributed by atoms with Crippen molar-refractivity contribution in [3.05, 3.63) is 45.3 Å². The summed E-state index contributed by atoms with van der Waals surface area (Å²) < 4.78 is 4.78. The van der Waals surface area contributed by atoms with E-state index >= 15 is 0 Å². The molecular formula is C15H15N3O4S. The number of hydrogen-bond donors (Lipinski definition) is 0. The molecule has 0 aliphatic rings. The van der Waals surface area contributed by atoms with Gasteiger partial charge < -0.3 is 9.64 Å². The molecule has 23 heavy (non-hydrogen) atoms. The number of aliphatic imine (C=N–C) groups is 1. The number of esters is 1. The summed E-state index contributed by atoms with van der Waals surface area (Å²) in [4.78, 5) is 29.3. The van der Waals surface area contributed by atoms with E-state index in [1.54, 1.807) is 29.4 Å². The average Bonchev–Trinajstić information content (AvgIpc) is 2.96. The predicted molar refractivity (Wildman–Crippen MR) is 89.6 cm³/mol. The Morgan fingerprint density at radius 1 is 1.35 bits per heavy atom. The summed E-state index contributed by atoms with van der Waals surface area (Å²) in [5, 5.41) is 10.7. The van der Waals surface area contributed by atoms with Crippen molar-refractivity contribution in [1.29, 1.82) is 0 Å². The minimum atomic E-state index is -0.464. The van der Waals surface area contributed by atoms with E-state index in [0.29, 0.717) is 10.6 Å². The van der Waals surface area contributed by atoms with Gasteiger partial charge in [0.05, 0.1) is 24.1 Å². The van der Waals surface area contributed by atoms with Crippen LogP contribution in [0.1, 0.15) is 9.67 Å². The van der Waals surface area contributed by atoms with E-state index in [1.165, 1.54) is 30.6 Å². The lowest BCUT2D eigenvalue weighted by atomic mass is 10.1. The molecule has 1 aromatic heterocycles. The molecule has 1 heterocycles. The van der Waals surface area contributed by atoms with Gasteiger partial charge in [0.1, 0.15) is 4.88 Å². The summed E-state index contributed by atoms with van der Waals surface area (Å²) in [6.45, 7) is 0. The average molecular weight is 333 g/mol. The number of carbonyl (C=O) groups is 1. The van der Waals surface area contributed by atoms with Crippen LogP contribution in [0.2, 0.25) is 0 Å². The van der Waals surface area contributed by atoms with E-state index in [0.717, 1.165) is 10.4 Å². The van der Waals surface area contributed by atoms with Gasteiger partial charge in [-0.2, -0.15) is 0 Å². The maximum absolute atomic E-state index is 11.9. The fourth-order valence-corrected chi connectivity index (χ4v) is 2.81. The maximum atomic E-state index is 11.9. The normalized spacial score (nSPS) is 10.7. The van der Waals surface area contributed by atoms with Gasteiger partial charge in [-0.15, -0.1) is 11.3 Å². The molecule has 0 aliphatic carbocycles. The highest BCUT2D eigenvalue weighted by Crippen LogP contribution is 2.37. The Morgan fingerprint density at radius 2 is 2.00 bits per heavy atom. The molecule has 0 saturated carbocycles. The lowest BCUT2D eigenvalue weighted by Gasteiger charge is -2.02. The molecule has 0 atom stereocenters. The summed E-state index contributed by atoms with van der Waals surface area (Å²) in [7, 11) is 4.96. The van der Waals surface area contributed by atoms with Crippen molar-refractivity contribution in [1.82, 2.24) is 4.90 Å². The van der Waals surface area contributed by atoms with Crippen LogP contribution in [-0.2, 0) is 4.74 Å². The quantitative estimate of drug-likeness (QED) is 0.275. The molecule has 2 rings (SSSR count). The summed E-state index contributed by atoms with van der Waals surface area (Å²) in [6.07, 6.45) is 1.59. The first-order valence-electron chi connectivity index (χ1n) is 6.60. The van der Waals surface area contributed by atoms with Gasteiger partial charge in [0.25, 0.3) is 5.69 Å². The highest BCUT2D eigenvalue weighted by Gasteiger charge is 2.18. The van der Waals surface area contributed by atoms with Crippen LogP contribution in [0.5, 0.6) is 0 Å². The van der Waals surface area contributed by atoms with Crippen LogP contribution in [0.4, 0.5) is 11.4 Å². The lowest BCUT2D eigenvalue weighted by Crippen LogP contribution is -2.07. The Labute approximate surface area is 137 Å². The molecule has 120 valence electrons. The number of non-ortho nitro benzene ring substituents is 1. The number of nitro benzene ring substituents is 1. The Morgan fingerprint density at radius 3 is 2.52 bits per heavy atom. The third-order valence-electron chi connectivity index (χ3n) is 2.87. The highest BCUT2D eigenvalue weighted by molar-refractivity contribution is 7.18. The topological polar surface area (TPSA) is 85.0 Å². The summed E-state index contributed by atoms with van der Waals surface area (Å²) in [6, 6.07) is 7.90. The zero-order valence-electron chi connectivity index (χ0n) is 12.8. The predicted octanol–water partition coefficient (Wildman–Crippen LogP) is 3.33. The second-order valence-corrected chi connectivity index (χ2v) is 5.88. The molecule has 0 fully saturated rings. The minimum Gasteiger partial charge on any atom is -0.465 e. The van der Waals surface area contributed by atoms with Crippen LogP contribution in [0.3, 0.4) is 0 Å². The van der Waals surface area contributed by atoms with E-state index in [-0.39, 0.29) is 5.69 Å².